The summed E-state index contributed by atoms with van der Waals surface area (Å²) in [6.07, 6.45) is 4.67. The van der Waals surface area contributed by atoms with Gasteiger partial charge in [-0.15, -0.1) is 0 Å². The molecule has 1 fully saturated rings. The van der Waals surface area contributed by atoms with Crippen molar-refractivity contribution in [1.29, 1.82) is 0 Å². The van der Waals surface area contributed by atoms with Gasteiger partial charge in [-0.2, -0.15) is 5.10 Å². The van der Waals surface area contributed by atoms with Crippen molar-refractivity contribution in [2.75, 3.05) is 25.2 Å². The van der Waals surface area contributed by atoms with Crippen LogP contribution in [0.1, 0.15) is 39.7 Å². The van der Waals surface area contributed by atoms with Crippen LogP contribution in [0.5, 0.6) is 0 Å². The molecule has 118 valence electrons. The molecule has 1 aliphatic rings. The van der Waals surface area contributed by atoms with Crippen LogP contribution in [0, 0.1) is 5.21 Å². The third-order valence-electron chi connectivity index (χ3n) is 3.44. The molecular formula is C14H23N4O3-. The highest BCUT2D eigenvalue weighted by Crippen LogP contribution is 2.24. The largest absolute Gasteiger partial charge is 0.758 e. The van der Waals surface area contributed by atoms with Crippen molar-refractivity contribution in [3.05, 3.63) is 17.6 Å². The molecular weight excluding hydrogens is 272 g/mol. The number of likely N-dealkylation sites (tertiary alicyclic amines) is 1. The van der Waals surface area contributed by atoms with E-state index < -0.39 is 5.60 Å². The Balaban J connectivity index is 1.89. The lowest BCUT2D eigenvalue weighted by Gasteiger charge is -2.33. The molecule has 0 radical (unpaired) electrons. The summed E-state index contributed by atoms with van der Waals surface area (Å²) in [4.78, 5) is 13.7. The summed E-state index contributed by atoms with van der Waals surface area (Å²) in [5, 5.41) is 16.2. The molecule has 0 aromatic carbocycles. The molecule has 0 bridgehead atoms. The van der Waals surface area contributed by atoms with Gasteiger partial charge in [-0.25, -0.2) is 4.79 Å². The fraction of sp³-hybridized carbons (Fsp3) is 0.714. The first kappa shape index (κ1) is 15.6. The summed E-state index contributed by atoms with van der Waals surface area (Å²) >= 11 is 0. The third kappa shape index (κ3) is 4.10. The number of ether oxygens (including phenoxy) is 1. The Hall–Kier alpha value is -1.76. The molecule has 1 aromatic rings. The number of carbonyl (C=O) groups excluding carboxylic acids is 1. The average Bonchev–Trinajstić information content (AvgIpc) is 2.86. The molecule has 7 heteroatoms. The molecule has 0 N–H and O–H groups in total. The molecule has 1 amide bonds. The zero-order valence-corrected chi connectivity index (χ0v) is 13.1. The lowest BCUT2D eigenvalue weighted by molar-refractivity contribution is 0.0185. The number of hydrogen-bond acceptors (Lipinski definition) is 5. The Bertz CT molecular complexity index is 485. The Morgan fingerprint density at radius 2 is 2.05 bits per heavy atom. The first-order valence-electron chi connectivity index (χ1n) is 7.19. The van der Waals surface area contributed by atoms with Crippen LogP contribution in [0.25, 0.3) is 0 Å². The first-order valence-corrected chi connectivity index (χ1v) is 7.19. The number of hydroxylamine groups is 1. The van der Waals surface area contributed by atoms with Crippen LogP contribution in [0.4, 0.5) is 10.5 Å². The van der Waals surface area contributed by atoms with Crippen molar-refractivity contribution >= 4 is 11.8 Å². The summed E-state index contributed by atoms with van der Waals surface area (Å²) in [5.41, 5.74) is 0.0772. The lowest BCUT2D eigenvalue weighted by Crippen LogP contribution is -2.42. The van der Waals surface area contributed by atoms with Gasteiger partial charge in [0.2, 0.25) is 0 Å². The number of nitrogens with zero attached hydrogens (tertiary/aromatic N) is 4. The second-order valence-corrected chi connectivity index (χ2v) is 6.37. The van der Waals surface area contributed by atoms with Crippen molar-refractivity contribution in [2.24, 2.45) is 0 Å². The first-order chi connectivity index (χ1) is 9.76. The number of rotatable bonds is 2. The van der Waals surface area contributed by atoms with Gasteiger partial charge >= 0.3 is 6.09 Å². The van der Waals surface area contributed by atoms with Gasteiger partial charge in [0.05, 0.1) is 17.9 Å². The molecule has 1 aliphatic heterocycles. The topological polar surface area (TPSA) is 73.7 Å². The van der Waals surface area contributed by atoms with Gasteiger partial charge in [-0.05, 0) is 40.7 Å². The fourth-order valence-electron chi connectivity index (χ4n) is 2.33. The minimum Gasteiger partial charge on any atom is -0.758 e. The molecule has 0 saturated carbocycles. The lowest BCUT2D eigenvalue weighted by atomic mass is 10.1. The maximum absolute atomic E-state index is 12.0. The average molecular weight is 295 g/mol. The summed E-state index contributed by atoms with van der Waals surface area (Å²) < 4.78 is 7.19. The van der Waals surface area contributed by atoms with E-state index in [0.717, 1.165) is 17.9 Å². The predicted molar refractivity (Wildman–Crippen MR) is 80.1 cm³/mol. The number of amides is 1. The molecule has 2 rings (SSSR count). The summed E-state index contributed by atoms with van der Waals surface area (Å²) in [6, 6.07) is 0.220. The number of carbonyl (C=O) groups is 1. The molecule has 0 aliphatic carbocycles. The summed E-state index contributed by atoms with van der Waals surface area (Å²) in [6.45, 7) is 6.87. The molecule has 0 spiro atoms. The molecule has 1 saturated heterocycles. The van der Waals surface area contributed by atoms with E-state index in [1.165, 1.54) is 7.05 Å². The molecule has 21 heavy (non-hydrogen) atoms. The fourth-order valence-corrected chi connectivity index (χ4v) is 2.33. The molecule has 0 atom stereocenters. The monoisotopic (exact) mass is 295 g/mol. The molecule has 0 unspecified atom stereocenters. The van der Waals surface area contributed by atoms with Gasteiger partial charge in [-0.3, -0.25) is 4.68 Å². The van der Waals surface area contributed by atoms with Gasteiger partial charge < -0.3 is 19.9 Å². The zero-order chi connectivity index (χ0) is 15.6. The predicted octanol–water partition coefficient (Wildman–Crippen LogP) is 2.39. The van der Waals surface area contributed by atoms with Gasteiger partial charge in [-0.1, -0.05) is 0 Å². The van der Waals surface area contributed by atoms with Crippen LogP contribution in [-0.4, -0.2) is 46.5 Å². The summed E-state index contributed by atoms with van der Waals surface area (Å²) in [7, 11) is 1.45. The highest BCUT2D eigenvalue weighted by molar-refractivity contribution is 5.68. The van der Waals surface area contributed by atoms with Crippen LogP contribution >= 0.6 is 0 Å². The van der Waals surface area contributed by atoms with Crippen molar-refractivity contribution in [2.45, 2.75) is 45.3 Å². The van der Waals surface area contributed by atoms with E-state index in [4.69, 9.17) is 4.74 Å². The SMILES string of the molecule is CN([O-])c1cnn(C2CCN(C(=O)OC(C)(C)C)CC2)c1. The van der Waals surface area contributed by atoms with Crippen molar-refractivity contribution < 1.29 is 9.53 Å². The van der Waals surface area contributed by atoms with Crippen molar-refractivity contribution in [1.82, 2.24) is 14.7 Å². The van der Waals surface area contributed by atoms with Crippen LogP contribution < -0.4 is 5.06 Å². The standard InChI is InChI=1S/C14H23N4O3/c1-14(2,3)21-13(19)17-7-5-11(6-8-17)18-10-12(9-15-18)16(4)20/h9-11H,5-8H2,1-4H3/q-1. The normalized spacial score (nSPS) is 16.9. The van der Waals surface area contributed by atoms with E-state index in [1.807, 2.05) is 25.5 Å². The molecule has 1 aromatic heterocycles. The van der Waals surface area contributed by atoms with Gasteiger partial charge in [0.25, 0.3) is 0 Å². The van der Waals surface area contributed by atoms with Crippen molar-refractivity contribution in [3.8, 4) is 0 Å². The Morgan fingerprint density at radius 3 is 2.52 bits per heavy atom. The maximum atomic E-state index is 12.0. The second-order valence-electron chi connectivity index (χ2n) is 6.37. The molecule has 2 heterocycles. The van der Waals surface area contributed by atoms with E-state index in [1.54, 1.807) is 17.3 Å². The van der Waals surface area contributed by atoms with E-state index in [9.17, 15) is 10.0 Å². The van der Waals surface area contributed by atoms with Crippen LogP contribution in [-0.2, 0) is 4.74 Å². The van der Waals surface area contributed by atoms with Crippen LogP contribution in [0.2, 0.25) is 0 Å². The number of piperidine rings is 1. The number of hydrogen-bond donors (Lipinski definition) is 0. The number of anilines is 1. The smallest absolute Gasteiger partial charge is 0.410 e. The third-order valence-corrected chi connectivity index (χ3v) is 3.44. The van der Waals surface area contributed by atoms with Gasteiger partial charge in [0.1, 0.15) is 5.60 Å². The van der Waals surface area contributed by atoms with Crippen LogP contribution in [0.3, 0.4) is 0 Å². The van der Waals surface area contributed by atoms with Crippen molar-refractivity contribution in [3.63, 3.8) is 0 Å². The highest BCUT2D eigenvalue weighted by atomic mass is 16.6. The highest BCUT2D eigenvalue weighted by Gasteiger charge is 2.27. The van der Waals surface area contributed by atoms with E-state index >= 15 is 0 Å². The second kappa shape index (κ2) is 5.93. The van der Waals surface area contributed by atoms with E-state index in [0.29, 0.717) is 18.8 Å². The Morgan fingerprint density at radius 1 is 1.43 bits per heavy atom. The molecule has 7 nitrogen and oxygen atoms in total. The number of aromatic nitrogens is 2. The summed E-state index contributed by atoms with van der Waals surface area (Å²) in [5.74, 6) is 0. The zero-order valence-electron chi connectivity index (χ0n) is 13.1. The van der Waals surface area contributed by atoms with E-state index in [-0.39, 0.29) is 12.1 Å². The minimum atomic E-state index is -0.469. The van der Waals surface area contributed by atoms with Crippen LogP contribution in [0.15, 0.2) is 12.4 Å². The maximum Gasteiger partial charge on any atom is 0.410 e. The van der Waals surface area contributed by atoms with Gasteiger partial charge in [0.15, 0.2) is 0 Å². The minimum absolute atomic E-state index is 0.220. The van der Waals surface area contributed by atoms with Gasteiger partial charge in [0, 0.05) is 19.3 Å². The quantitative estimate of drug-likeness (QED) is 0.783. The Labute approximate surface area is 125 Å². The Kier molecular flexibility index (Phi) is 4.41. The van der Waals surface area contributed by atoms with E-state index in [2.05, 4.69) is 5.10 Å².